The molecule has 0 aromatic rings. The third-order valence-corrected chi connectivity index (χ3v) is 5.11. The van der Waals surface area contributed by atoms with Crippen molar-refractivity contribution in [2.24, 2.45) is 11.8 Å². The molecule has 20 heavy (non-hydrogen) atoms. The van der Waals surface area contributed by atoms with Crippen LogP contribution in [0.3, 0.4) is 0 Å². The van der Waals surface area contributed by atoms with Crippen LogP contribution in [0.1, 0.15) is 72.6 Å². The molecule has 0 radical (unpaired) electrons. The molecule has 1 N–H and O–H groups in total. The van der Waals surface area contributed by atoms with Crippen molar-refractivity contribution in [3.05, 3.63) is 0 Å². The smallest absolute Gasteiger partial charge is 0.241 e. The van der Waals surface area contributed by atoms with Gasteiger partial charge in [0, 0.05) is 6.04 Å². The van der Waals surface area contributed by atoms with Gasteiger partial charge in [-0.2, -0.15) is 0 Å². The van der Waals surface area contributed by atoms with Crippen molar-refractivity contribution in [3.63, 3.8) is 0 Å². The van der Waals surface area contributed by atoms with Crippen LogP contribution in [-0.2, 0) is 4.79 Å². The zero-order valence-electron chi connectivity index (χ0n) is 13.7. The highest BCUT2D eigenvalue weighted by molar-refractivity contribution is 5.84. The van der Waals surface area contributed by atoms with Crippen molar-refractivity contribution in [2.75, 3.05) is 0 Å². The SMILES string of the molecule is CCC(CC)N1C(=O)C(CC(C)C)NC1C1CCCC1. The molecule has 1 amide bonds. The molecule has 0 aromatic heterocycles. The van der Waals surface area contributed by atoms with E-state index in [-0.39, 0.29) is 6.04 Å². The molecule has 0 spiro atoms. The highest BCUT2D eigenvalue weighted by atomic mass is 16.2. The molecule has 2 aliphatic rings. The summed E-state index contributed by atoms with van der Waals surface area (Å²) in [6.45, 7) is 8.84. The first kappa shape index (κ1) is 15.8. The second-order valence-electron chi connectivity index (χ2n) is 7.05. The van der Waals surface area contributed by atoms with E-state index in [1.54, 1.807) is 0 Å². The van der Waals surface area contributed by atoms with E-state index >= 15 is 0 Å². The third-order valence-electron chi connectivity index (χ3n) is 5.11. The Balaban J connectivity index is 2.15. The highest BCUT2D eigenvalue weighted by Crippen LogP contribution is 2.34. The van der Waals surface area contributed by atoms with Gasteiger partial charge in [0.25, 0.3) is 0 Å². The minimum absolute atomic E-state index is 0.0567. The zero-order valence-corrected chi connectivity index (χ0v) is 13.7. The lowest BCUT2D eigenvalue weighted by Gasteiger charge is -2.34. The first-order chi connectivity index (χ1) is 9.58. The maximum absolute atomic E-state index is 12.8. The lowest BCUT2D eigenvalue weighted by atomic mass is 10.0. The second-order valence-corrected chi connectivity index (χ2v) is 7.05. The summed E-state index contributed by atoms with van der Waals surface area (Å²) in [4.78, 5) is 15.1. The van der Waals surface area contributed by atoms with Crippen molar-refractivity contribution < 1.29 is 4.79 Å². The molecule has 1 saturated heterocycles. The van der Waals surface area contributed by atoms with Crippen LogP contribution in [0.4, 0.5) is 0 Å². The monoisotopic (exact) mass is 280 g/mol. The molecule has 3 heteroatoms. The normalized spacial score (nSPS) is 28.3. The van der Waals surface area contributed by atoms with E-state index in [1.807, 2.05) is 0 Å². The number of hydrogen-bond acceptors (Lipinski definition) is 2. The number of carbonyl (C=O) groups excluding carboxylic acids is 1. The number of nitrogens with one attached hydrogen (secondary N) is 1. The predicted molar refractivity (Wildman–Crippen MR) is 83.3 cm³/mol. The van der Waals surface area contributed by atoms with Crippen LogP contribution < -0.4 is 5.32 Å². The van der Waals surface area contributed by atoms with E-state index in [0.717, 1.165) is 19.3 Å². The van der Waals surface area contributed by atoms with Gasteiger partial charge in [-0.3, -0.25) is 10.1 Å². The first-order valence-electron chi connectivity index (χ1n) is 8.66. The van der Waals surface area contributed by atoms with Gasteiger partial charge in [-0.1, -0.05) is 40.5 Å². The van der Waals surface area contributed by atoms with Crippen LogP contribution >= 0.6 is 0 Å². The average molecular weight is 280 g/mol. The van der Waals surface area contributed by atoms with Crippen LogP contribution in [0, 0.1) is 11.8 Å². The van der Waals surface area contributed by atoms with Crippen LogP contribution in [0.15, 0.2) is 0 Å². The van der Waals surface area contributed by atoms with Crippen molar-refractivity contribution in [1.29, 1.82) is 0 Å². The van der Waals surface area contributed by atoms with Gasteiger partial charge in [-0.15, -0.1) is 0 Å². The molecule has 1 aliphatic carbocycles. The fourth-order valence-corrected chi connectivity index (χ4v) is 4.04. The van der Waals surface area contributed by atoms with Gasteiger partial charge in [0.15, 0.2) is 0 Å². The number of amides is 1. The summed E-state index contributed by atoms with van der Waals surface area (Å²) in [5.74, 6) is 1.61. The Bertz CT molecular complexity index is 319. The summed E-state index contributed by atoms with van der Waals surface area (Å²) in [5.41, 5.74) is 0. The van der Waals surface area contributed by atoms with Gasteiger partial charge < -0.3 is 4.90 Å². The molecule has 3 nitrogen and oxygen atoms in total. The molecule has 2 fully saturated rings. The van der Waals surface area contributed by atoms with Crippen LogP contribution in [0.2, 0.25) is 0 Å². The van der Waals surface area contributed by atoms with Crippen molar-refractivity contribution >= 4 is 5.91 Å². The fraction of sp³-hybridized carbons (Fsp3) is 0.941. The summed E-state index contributed by atoms with van der Waals surface area (Å²) in [6, 6.07) is 0.471. The van der Waals surface area contributed by atoms with Gasteiger partial charge >= 0.3 is 0 Å². The summed E-state index contributed by atoms with van der Waals surface area (Å²) in [6.07, 6.45) is 8.66. The molecule has 1 saturated carbocycles. The molecule has 0 bridgehead atoms. The second kappa shape index (κ2) is 6.93. The quantitative estimate of drug-likeness (QED) is 0.807. The van der Waals surface area contributed by atoms with Gasteiger partial charge in [0.2, 0.25) is 5.91 Å². The Morgan fingerprint density at radius 2 is 1.80 bits per heavy atom. The van der Waals surface area contributed by atoms with E-state index < -0.39 is 0 Å². The van der Waals surface area contributed by atoms with E-state index in [1.165, 1.54) is 25.7 Å². The summed E-state index contributed by atoms with van der Waals surface area (Å²) >= 11 is 0. The molecule has 1 aliphatic heterocycles. The van der Waals surface area contributed by atoms with Crippen LogP contribution in [-0.4, -0.2) is 29.1 Å². The van der Waals surface area contributed by atoms with E-state index in [9.17, 15) is 4.79 Å². The zero-order chi connectivity index (χ0) is 14.7. The Kier molecular flexibility index (Phi) is 5.48. The number of carbonyl (C=O) groups is 1. The van der Waals surface area contributed by atoms with E-state index in [2.05, 4.69) is 37.9 Å². The molecular weight excluding hydrogens is 248 g/mol. The summed E-state index contributed by atoms with van der Waals surface area (Å²) in [5, 5.41) is 3.69. The maximum atomic E-state index is 12.8. The number of hydrogen-bond donors (Lipinski definition) is 1. The topological polar surface area (TPSA) is 32.3 Å². The maximum Gasteiger partial charge on any atom is 0.241 e. The Morgan fingerprint density at radius 1 is 1.20 bits per heavy atom. The highest BCUT2D eigenvalue weighted by Gasteiger charge is 2.45. The van der Waals surface area contributed by atoms with Crippen molar-refractivity contribution in [2.45, 2.75) is 90.9 Å². The van der Waals surface area contributed by atoms with Gasteiger partial charge in [0.05, 0.1) is 12.2 Å². The average Bonchev–Trinajstić information content (AvgIpc) is 3.02. The lowest BCUT2D eigenvalue weighted by molar-refractivity contribution is -0.133. The summed E-state index contributed by atoms with van der Waals surface area (Å²) in [7, 11) is 0. The number of nitrogens with zero attached hydrogens (tertiary/aromatic N) is 1. The van der Waals surface area contributed by atoms with E-state index in [4.69, 9.17) is 0 Å². The van der Waals surface area contributed by atoms with Crippen molar-refractivity contribution in [3.8, 4) is 0 Å². The van der Waals surface area contributed by atoms with Gasteiger partial charge in [-0.25, -0.2) is 0 Å². The van der Waals surface area contributed by atoms with Crippen LogP contribution in [0.25, 0.3) is 0 Å². The molecule has 2 atom stereocenters. The largest absolute Gasteiger partial charge is 0.323 e. The minimum Gasteiger partial charge on any atom is -0.323 e. The minimum atomic E-state index is 0.0567. The van der Waals surface area contributed by atoms with Crippen LogP contribution in [0.5, 0.6) is 0 Å². The van der Waals surface area contributed by atoms with E-state index in [0.29, 0.717) is 30.0 Å². The predicted octanol–water partition coefficient (Wildman–Crippen LogP) is 3.54. The molecular formula is C17H32N2O. The standard InChI is InChI=1S/C17H32N2O/c1-5-14(6-2)19-16(13-9-7-8-10-13)18-15(17(19)20)11-12(3)4/h12-16,18H,5-11H2,1-4H3. The Morgan fingerprint density at radius 3 is 2.30 bits per heavy atom. The molecule has 2 rings (SSSR count). The molecule has 0 aromatic carbocycles. The fourth-order valence-electron chi connectivity index (χ4n) is 4.04. The first-order valence-corrected chi connectivity index (χ1v) is 8.66. The Labute approximate surface area is 124 Å². The third kappa shape index (κ3) is 3.19. The lowest BCUT2D eigenvalue weighted by Crippen LogP contribution is -2.47. The van der Waals surface area contributed by atoms with Gasteiger partial charge in [-0.05, 0) is 43.9 Å². The molecule has 116 valence electrons. The van der Waals surface area contributed by atoms with Crippen molar-refractivity contribution in [1.82, 2.24) is 10.2 Å². The number of rotatable bonds is 6. The molecule has 2 unspecified atom stereocenters. The van der Waals surface area contributed by atoms with Gasteiger partial charge in [0.1, 0.15) is 0 Å². The molecule has 1 heterocycles. The summed E-state index contributed by atoms with van der Waals surface area (Å²) < 4.78 is 0. The Hall–Kier alpha value is -0.570.